The van der Waals surface area contributed by atoms with Gasteiger partial charge < -0.3 is 10.6 Å². The second kappa shape index (κ2) is 6.55. The van der Waals surface area contributed by atoms with Gasteiger partial charge in [0.05, 0.1) is 0 Å². The van der Waals surface area contributed by atoms with Crippen LogP contribution < -0.4 is 10.6 Å². The maximum Gasteiger partial charge on any atom is 0.325 e. The van der Waals surface area contributed by atoms with Crippen LogP contribution >= 0.6 is 0 Å². The van der Waals surface area contributed by atoms with Gasteiger partial charge in [0.25, 0.3) is 5.91 Å². The summed E-state index contributed by atoms with van der Waals surface area (Å²) in [5.74, 6) is -1.20. The fraction of sp³-hybridized carbons (Fsp3) is 0.400. The number of halogens is 1. The van der Waals surface area contributed by atoms with E-state index in [4.69, 9.17) is 0 Å². The standard InChI is InChI=1S/C15H18FN3O3/c1-9(2)6-12-14(21)19(15(22)18-12)8-13(20)17-11-5-3-4-10(16)7-11/h3-5,7,9,12H,6,8H2,1-2H3,(H,17,20)(H,18,22). The number of urea groups is 1. The lowest BCUT2D eigenvalue weighted by atomic mass is 10.0. The number of imide groups is 1. The zero-order chi connectivity index (χ0) is 16.3. The van der Waals surface area contributed by atoms with Gasteiger partial charge in [-0.3, -0.25) is 14.5 Å². The highest BCUT2D eigenvalue weighted by molar-refractivity contribution is 6.07. The minimum absolute atomic E-state index is 0.246. The van der Waals surface area contributed by atoms with Crippen molar-refractivity contribution in [2.75, 3.05) is 11.9 Å². The first kappa shape index (κ1) is 15.9. The number of rotatable bonds is 5. The quantitative estimate of drug-likeness (QED) is 0.813. The van der Waals surface area contributed by atoms with Crippen molar-refractivity contribution in [2.24, 2.45) is 5.92 Å². The van der Waals surface area contributed by atoms with Crippen LogP contribution in [0.5, 0.6) is 0 Å². The van der Waals surface area contributed by atoms with Crippen LogP contribution in [-0.2, 0) is 9.59 Å². The molecule has 0 aliphatic carbocycles. The van der Waals surface area contributed by atoms with Gasteiger partial charge >= 0.3 is 6.03 Å². The van der Waals surface area contributed by atoms with E-state index in [-0.39, 0.29) is 11.6 Å². The van der Waals surface area contributed by atoms with Gasteiger partial charge in [0, 0.05) is 5.69 Å². The van der Waals surface area contributed by atoms with Crippen LogP contribution in [-0.4, -0.2) is 35.3 Å². The number of nitrogens with one attached hydrogen (secondary N) is 2. The van der Waals surface area contributed by atoms with Gasteiger partial charge in [-0.15, -0.1) is 0 Å². The number of anilines is 1. The average molecular weight is 307 g/mol. The lowest BCUT2D eigenvalue weighted by Gasteiger charge is -2.13. The molecule has 22 heavy (non-hydrogen) atoms. The Labute approximate surface area is 127 Å². The van der Waals surface area contributed by atoms with Gasteiger partial charge in [0.15, 0.2) is 0 Å². The third kappa shape index (κ3) is 3.81. The number of amides is 4. The Morgan fingerprint density at radius 1 is 1.41 bits per heavy atom. The summed E-state index contributed by atoms with van der Waals surface area (Å²) in [5.41, 5.74) is 0.274. The Balaban J connectivity index is 1.96. The number of carbonyl (C=O) groups excluding carboxylic acids is 3. The first-order chi connectivity index (χ1) is 10.4. The predicted molar refractivity (Wildman–Crippen MR) is 78.5 cm³/mol. The Hall–Kier alpha value is -2.44. The molecule has 2 rings (SSSR count). The zero-order valence-electron chi connectivity index (χ0n) is 12.4. The van der Waals surface area contributed by atoms with Crippen LogP contribution in [0.4, 0.5) is 14.9 Å². The lowest BCUT2D eigenvalue weighted by molar-refractivity contribution is -0.131. The molecule has 1 aliphatic rings. The molecule has 0 saturated carbocycles. The molecule has 0 spiro atoms. The van der Waals surface area contributed by atoms with Gasteiger partial charge in [-0.05, 0) is 30.5 Å². The van der Waals surface area contributed by atoms with Crippen LogP contribution in [0.1, 0.15) is 20.3 Å². The van der Waals surface area contributed by atoms with Crippen LogP contribution in [0.15, 0.2) is 24.3 Å². The molecule has 2 N–H and O–H groups in total. The second-order valence-corrected chi connectivity index (χ2v) is 5.61. The number of nitrogens with zero attached hydrogens (tertiary/aromatic N) is 1. The number of hydrogen-bond donors (Lipinski definition) is 2. The summed E-state index contributed by atoms with van der Waals surface area (Å²) in [5, 5.41) is 5.01. The second-order valence-electron chi connectivity index (χ2n) is 5.61. The highest BCUT2D eigenvalue weighted by Gasteiger charge is 2.38. The van der Waals surface area contributed by atoms with E-state index < -0.39 is 36.2 Å². The molecule has 1 aromatic rings. The summed E-state index contributed by atoms with van der Waals surface area (Å²) in [7, 11) is 0. The van der Waals surface area contributed by atoms with E-state index in [0.29, 0.717) is 6.42 Å². The van der Waals surface area contributed by atoms with E-state index in [1.54, 1.807) is 0 Å². The van der Waals surface area contributed by atoms with Gasteiger partial charge in [-0.25, -0.2) is 9.18 Å². The summed E-state index contributed by atoms with van der Waals surface area (Å²) in [6, 6.07) is 4.22. The summed E-state index contributed by atoms with van der Waals surface area (Å²) >= 11 is 0. The Morgan fingerprint density at radius 2 is 2.14 bits per heavy atom. The summed E-state index contributed by atoms with van der Waals surface area (Å²) < 4.78 is 13.0. The molecule has 6 nitrogen and oxygen atoms in total. The van der Waals surface area contributed by atoms with E-state index in [1.807, 2.05) is 13.8 Å². The molecular weight excluding hydrogens is 289 g/mol. The highest BCUT2D eigenvalue weighted by Crippen LogP contribution is 2.15. The number of carbonyl (C=O) groups is 3. The van der Waals surface area contributed by atoms with Crippen LogP contribution in [0.2, 0.25) is 0 Å². The van der Waals surface area contributed by atoms with Crippen LogP contribution in [0.3, 0.4) is 0 Å². The van der Waals surface area contributed by atoms with Gasteiger partial charge in [0.1, 0.15) is 18.4 Å². The van der Waals surface area contributed by atoms with Crippen molar-refractivity contribution in [2.45, 2.75) is 26.3 Å². The molecule has 1 aromatic carbocycles. The molecular formula is C15H18FN3O3. The predicted octanol–water partition coefficient (Wildman–Crippen LogP) is 1.73. The molecule has 4 amide bonds. The zero-order valence-corrected chi connectivity index (χ0v) is 12.4. The van der Waals surface area contributed by atoms with Crippen LogP contribution in [0.25, 0.3) is 0 Å². The minimum Gasteiger partial charge on any atom is -0.326 e. The molecule has 0 bridgehead atoms. The molecule has 1 heterocycles. The van der Waals surface area contributed by atoms with E-state index in [9.17, 15) is 18.8 Å². The third-order valence-corrected chi connectivity index (χ3v) is 3.22. The van der Waals surface area contributed by atoms with Crippen molar-refractivity contribution in [3.05, 3.63) is 30.1 Å². The fourth-order valence-corrected chi connectivity index (χ4v) is 2.27. The minimum atomic E-state index is -0.588. The average Bonchev–Trinajstić information content (AvgIpc) is 2.66. The SMILES string of the molecule is CC(C)CC1NC(=O)N(CC(=O)Nc2cccc(F)c2)C1=O. The molecule has 1 fully saturated rings. The Morgan fingerprint density at radius 3 is 2.77 bits per heavy atom. The van der Waals surface area contributed by atoms with Crippen molar-refractivity contribution in [1.82, 2.24) is 10.2 Å². The first-order valence-corrected chi connectivity index (χ1v) is 7.04. The normalized spacial score (nSPS) is 17.8. The van der Waals surface area contributed by atoms with Crippen LogP contribution in [0, 0.1) is 11.7 Å². The third-order valence-electron chi connectivity index (χ3n) is 3.22. The van der Waals surface area contributed by atoms with E-state index >= 15 is 0 Å². The summed E-state index contributed by atoms with van der Waals surface area (Å²) in [6.07, 6.45) is 0.520. The molecule has 7 heteroatoms. The van der Waals surface area contributed by atoms with Crippen molar-refractivity contribution >= 4 is 23.5 Å². The topological polar surface area (TPSA) is 78.5 Å². The molecule has 0 aromatic heterocycles. The molecule has 1 aliphatic heterocycles. The van der Waals surface area contributed by atoms with E-state index in [2.05, 4.69) is 10.6 Å². The maximum absolute atomic E-state index is 13.0. The van der Waals surface area contributed by atoms with Crippen molar-refractivity contribution in [3.8, 4) is 0 Å². The Kier molecular flexibility index (Phi) is 4.75. The fourth-order valence-electron chi connectivity index (χ4n) is 2.27. The molecule has 1 atom stereocenters. The smallest absolute Gasteiger partial charge is 0.325 e. The largest absolute Gasteiger partial charge is 0.326 e. The molecule has 1 unspecified atom stereocenters. The molecule has 0 radical (unpaired) electrons. The Bertz CT molecular complexity index is 603. The van der Waals surface area contributed by atoms with Gasteiger partial charge in [-0.2, -0.15) is 0 Å². The molecule has 118 valence electrons. The van der Waals surface area contributed by atoms with E-state index in [0.717, 1.165) is 11.0 Å². The molecule has 1 saturated heterocycles. The van der Waals surface area contributed by atoms with Crippen molar-refractivity contribution in [3.63, 3.8) is 0 Å². The summed E-state index contributed by atoms with van der Waals surface area (Å²) in [6.45, 7) is 3.49. The highest BCUT2D eigenvalue weighted by atomic mass is 19.1. The summed E-state index contributed by atoms with van der Waals surface area (Å²) in [4.78, 5) is 36.6. The van der Waals surface area contributed by atoms with Gasteiger partial charge in [0.2, 0.25) is 5.91 Å². The lowest BCUT2D eigenvalue weighted by Crippen LogP contribution is -2.38. The number of benzene rings is 1. The van der Waals surface area contributed by atoms with E-state index in [1.165, 1.54) is 18.2 Å². The maximum atomic E-state index is 13.0. The first-order valence-electron chi connectivity index (χ1n) is 7.04. The van der Waals surface area contributed by atoms with Crippen molar-refractivity contribution < 1.29 is 18.8 Å². The number of hydrogen-bond acceptors (Lipinski definition) is 3. The van der Waals surface area contributed by atoms with Gasteiger partial charge in [-0.1, -0.05) is 19.9 Å². The van der Waals surface area contributed by atoms with Crippen molar-refractivity contribution in [1.29, 1.82) is 0 Å². The monoisotopic (exact) mass is 307 g/mol.